The fraction of sp³-hybridized carbons (Fsp3) is 0.600. The zero-order valence-corrected chi connectivity index (χ0v) is 12.1. The fourth-order valence-corrected chi connectivity index (χ4v) is 1.89. The number of aryl methyl sites for hydroxylation is 1. The van der Waals surface area contributed by atoms with Crippen molar-refractivity contribution >= 4 is 5.69 Å². The van der Waals surface area contributed by atoms with Crippen LogP contribution in [0.15, 0.2) is 18.2 Å². The van der Waals surface area contributed by atoms with E-state index in [-0.39, 0.29) is 6.10 Å². The van der Waals surface area contributed by atoms with Gasteiger partial charge in [-0.3, -0.25) is 4.48 Å². The normalized spacial score (nSPS) is 11.9. The molecule has 0 amide bonds. The summed E-state index contributed by atoms with van der Waals surface area (Å²) < 4.78 is 6.81. The molecule has 0 heterocycles. The van der Waals surface area contributed by atoms with E-state index in [1.807, 2.05) is 0 Å². The average molecular weight is 236 g/mol. The number of ether oxygens (including phenoxy) is 1. The van der Waals surface area contributed by atoms with Crippen molar-refractivity contribution in [2.45, 2.75) is 40.7 Å². The van der Waals surface area contributed by atoms with Gasteiger partial charge in [0.05, 0.1) is 26.2 Å². The van der Waals surface area contributed by atoms with Crippen LogP contribution < -0.4 is 9.22 Å². The van der Waals surface area contributed by atoms with Crippen molar-refractivity contribution in [1.82, 2.24) is 4.48 Å². The van der Waals surface area contributed by atoms with Gasteiger partial charge >= 0.3 is 0 Å². The highest BCUT2D eigenvalue weighted by molar-refractivity contribution is 5.50. The Balaban J connectivity index is 3.11. The molecule has 0 saturated heterocycles. The molecule has 1 aromatic carbocycles. The van der Waals surface area contributed by atoms with Gasteiger partial charge in [0.15, 0.2) is 0 Å². The minimum absolute atomic E-state index is 0.228. The van der Waals surface area contributed by atoms with Crippen LogP contribution in [-0.4, -0.2) is 26.2 Å². The number of nitrogens with zero attached hydrogens (tertiary/aromatic N) is 1. The Labute approximate surface area is 106 Å². The second-order valence-corrected chi connectivity index (χ2v) is 5.14. The number of hydrogen-bond acceptors (Lipinski definition) is 1. The SMILES string of the molecule is CC[N+](C)(CC)c1ccc(C)c(OC(C)C)c1. The van der Waals surface area contributed by atoms with Crippen molar-refractivity contribution in [3.05, 3.63) is 23.8 Å². The van der Waals surface area contributed by atoms with Gasteiger partial charge in [0, 0.05) is 6.07 Å². The number of quaternary nitrogens is 1. The third-order valence-corrected chi connectivity index (χ3v) is 3.55. The van der Waals surface area contributed by atoms with Gasteiger partial charge in [-0.2, -0.15) is 0 Å². The first-order chi connectivity index (χ1) is 7.92. The second-order valence-electron chi connectivity index (χ2n) is 5.14. The summed E-state index contributed by atoms with van der Waals surface area (Å²) in [6, 6.07) is 6.58. The van der Waals surface area contributed by atoms with Crippen LogP contribution in [0.2, 0.25) is 0 Å². The molecule has 0 fully saturated rings. The molecule has 1 rings (SSSR count). The van der Waals surface area contributed by atoms with Gasteiger partial charge in [0.2, 0.25) is 0 Å². The lowest BCUT2D eigenvalue weighted by Gasteiger charge is -2.32. The number of benzene rings is 1. The molecule has 0 aliphatic carbocycles. The molecular weight excluding hydrogens is 210 g/mol. The Bertz CT molecular complexity index is 367. The zero-order chi connectivity index (χ0) is 13.1. The highest BCUT2D eigenvalue weighted by atomic mass is 16.5. The van der Waals surface area contributed by atoms with Crippen molar-refractivity contribution in [3.8, 4) is 5.75 Å². The molecule has 0 radical (unpaired) electrons. The van der Waals surface area contributed by atoms with Gasteiger partial charge in [-0.05, 0) is 52.3 Å². The molecule has 0 N–H and O–H groups in total. The minimum atomic E-state index is 0.228. The van der Waals surface area contributed by atoms with E-state index in [1.54, 1.807) is 0 Å². The van der Waals surface area contributed by atoms with Crippen LogP contribution in [0, 0.1) is 6.92 Å². The van der Waals surface area contributed by atoms with Gasteiger partial charge in [0.25, 0.3) is 0 Å². The third-order valence-electron chi connectivity index (χ3n) is 3.55. The van der Waals surface area contributed by atoms with Crippen LogP contribution in [0.4, 0.5) is 5.69 Å². The largest absolute Gasteiger partial charge is 0.491 e. The maximum absolute atomic E-state index is 5.86. The molecule has 0 unspecified atom stereocenters. The quantitative estimate of drug-likeness (QED) is 0.707. The Morgan fingerprint density at radius 3 is 2.24 bits per heavy atom. The van der Waals surface area contributed by atoms with E-state index < -0.39 is 0 Å². The molecule has 0 bridgehead atoms. The van der Waals surface area contributed by atoms with Crippen molar-refractivity contribution in [3.63, 3.8) is 0 Å². The van der Waals surface area contributed by atoms with Crippen LogP contribution >= 0.6 is 0 Å². The first-order valence-electron chi connectivity index (χ1n) is 6.55. The van der Waals surface area contributed by atoms with Crippen LogP contribution in [0.25, 0.3) is 0 Å². The minimum Gasteiger partial charge on any atom is -0.491 e. The molecular formula is C15H26NO+. The molecule has 17 heavy (non-hydrogen) atoms. The van der Waals surface area contributed by atoms with Gasteiger partial charge < -0.3 is 4.74 Å². The molecule has 2 nitrogen and oxygen atoms in total. The average Bonchev–Trinajstić information content (AvgIpc) is 2.30. The maximum Gasteiger partial charge on any atom is 0.136 e. The third kappa shape index (κ3) is 3.22. The summed E-state index contributed by atoms with van der Waals surface area (Å²) in [5.41, 5.74) is 2.54. The van der Waals surface area contributed by atoms with Crippen molar-refractivity contribution in [1.29, 1.82) is 0 Å². The molecule has 1 aromatic rings. The van der Waals surface area contributed by atoms with E-state index >= 15 is 0 Å². The molecule has 0 aromatic heterocycles. The lowest BCUT2D eigenvalue weighted by atomic mass is 10.1. The smallest absolute Gasteiger partial charge is 0.136 e. The zero-order valence-electron chi connectivity index (χ0n) is 12.1. The Morgan fingerprint density at radius 1 is 1.18 bits per heavy atom. The molecule has 0 aliphatic heterocycles. The summed E-state index contributed by atoms with van der Waals surface area (Å²) in [5.74, 6) is 1.02. The Kier molecular flexibility index (Phi) is 4.58. The lowest BCUT2D eigenvalue weighted by molar-refractivity contribution is 0.240. The monoisotopic (exact) mass is 236 g/mol. The fourth-order valence-electron chi connectivity index (χ4n) is 1.89. The highest BCUT2D eigenvalue weighted by Gasteiger charge is 2.21. The lowest BCUT2D eigenvalue weighted by Crippen LogP contribution is -2.44. The van der Waals surface area contributed by atoms with E-state index in [1.165, 1.54) is 11.3 Å². The topological polar surface area (TPSA) is 9.23 Å². The molecule has 0 spiro atoms. The van der Waals surface area contributed by atoms with E-state index in [2.05, 4.69) is 59.9 Å². The van der Waals surface area contributed by atoms with E-state index in [4.69, 9.17) is 4.74 Å². The van der Waals surface area contributed by atoms with Gasteiger partial charge in [-0.25, -0.2) is 0 Å². The second kappa shape index (κ2) is 5.54. The molecule has 0 aliphatic rings. The maximum atomic E-state index is 5.86. The standard InChI is InChI=1S/C15H26NO/c1-7-16(6,8-2)14-10-9-13(5)15(11-14)17-12(3)4/h9-12H,7-8H2,1-6H3/q+1. The Hall–Kier alpha value is -1.02. The van der Waals surface area contributed by atoms with Crippen LogP contribution in [0.5, 0.6) is 5.75 Å². The van der Waals surface area contributed by atoms with Crippen LogP contribution in [0.1, 0.15) is 33.3 Å². The summed E-state index contributed by atoms with van der Waals surface area (Å²) in [7, 11) is 2.27. The molecule has 0 atom stereocenters. The molecule has 0 saturated carbocycles. The van der Waals surface area contributed by atoms with Crippen molar-refractivity contribution < 1.29 is 4.74 Å². The van der Waals surface area contributed by atoms with E-state index in [0.717, 1.165) is 23.3 Å². The predicted molar refractivity (Wildman–Crippen MR) is 75.7 cm³/mol. The number of hydrogen-bond donors (Lipinski definition) is 0. The summed E-state index contributed by atoms with van der Waals surface area (Å²) in [4.78, 5) is 0. The summed E-state index contributed by atoms with van der Waals surface area (Å²) in [6.45, 7) is 12.9. The molecule has 2 heteroatoms. The van der Waals surface area contributed by atoms with Crippen molar-refractivity contribution in [2.75, 3.05) is 20.1 Å². The summed E-state index contributed by atoms with van der Waals surface area (Å²) >= 11 is 0. The summed E-state index contributed by atoms with van der Waals surface area (Å²) in [6.07, 6.45) is 0.228. The number of rotatable bonds is 5. The van der Waals surface area contributed by atoms with Crippen LogP contribution in [-0.2, 0) is 0 Å². The highest BCUT2D eigenvalue weighted by Crippen LogP contribution is 2.29. The van der Waals surface area contributed by atoms with E-state index in [9.17, 15) is 0 Å². The first kappa shape index (κ1) is 14.0. The van der Waals surface area contributed by atoms with Gasteiger partial charge in [-0.15, -0.1) is 0 Å². The van der Waals surface area contributed by atoms with Crippen LogP contribution in [0.3, 0.4) is 0 Å². The molecule has 96 valence electrons. The van der Waals surface area contributed by atoms with Gasteiger partial charge in [0.1, 0.15) is 11.4 Å². The van der Waals surface area contributed by atoms with E-state index in [0.29, 0.717) is 0 Å². The Morgan fingerprint density at radius 2 is 1.76 bits per heavy atom. The summed E-state index contributed by atoms with van der Waals surface area (Å²) in [5, 5.41) is 0. The predicted octanol–water partition coefficient (Wildman–Crippen LogP) is 3.76. The van der Waals surface area contributed by atoms with Gasteiger partial charge in [-0.1, -0.05) is 0 Å². The first-order valence-corrected chi connectivity index (χ1v) is 6.55. The van der Waals surface area contributed by atoms with Crippen molar-refractivity contribution in [2.24, 2.45) is 0 Å².